The van der Waals surface area contributed by atoms with Crippen molar-refractivity contribution in [3.8, 4) is 11.5 Å². The molecule has 42 heavy (non-hydrogen) atoms. The van der Waals surface area contributed by atoms with E-state index in [-0.39, 0.29) is 23.7 Å². The van der Waals surface area contributed by atoms with Crippen LogP contribution in [0.1, 0.15) is 71.1 Å². The molecule has 0 spiro atoms. The van der Waals surface area contributed by atoms with E-state index in [0.717, 1.165) is 28.2 Å². The molecule has 9 heteroatoms. The van der Waals surface area contributed by atoms with Gasteiger partial charge < -0.3 is 29.4 Å². The Morgan fingerprint density at radius 3 is 2.10 bits per heavy atom. The van der Waals surface area contributed by atoms with Gasteiger partial charge >= 0.3 is 7.12 Å². The summed E-state index contributed by atoms with van der Waals surface area (Å²) in [7, 11) is 2.70. The number of rotatable bonds is 11. The van der Waals surface area contributed by atoms with E-state index in [1.54, 1.807) is 14.2 Å². The van der Waals surface area contributed by atoms with Crippen LogP contribution in [-0.4, -0.2) is 56.3 Å². The zero-order valence-electron chi connectivity index (χ0n) is 26.4. The van der Waals surface area contributed by atoms with E-state index < -0.39 is 24.4 Å². The number of benzene rings is 2. The number of methoxy groups -OCH3 is 2. The van der Waals surface area contributed by atoms with Crippen LogP contribution in [0, 0.1) is 11.8 Å². The van der Waals surface area contributed by atoms with Crippen LogP contribution in [0.15, 0.2) is 42.5 Å². The van der Waals surface area contributed by atoms with E-state index in [2.05, 4.69) is 24.5 Å². The van der Waals surface area contributed by atoms with Gasteiger partial charge in [-0.1, -0.05) is 44.2 Å². The Hall–Kier alpha value is -3.04. The van der Waals surface area contributed by atoms with Gasteiger partial charge in [0.1, 0.15) is 17.5 Å². The maximum absolute atomic E-state index is 13.9. The van der Waals surface area contributed by atoms with Crippen molar-refractivity contribution >= 4 is 18.9 Å². The number of amides is 2. The van der Waals surface area contributed by atoms with E-state index in [1.165, 1.54) is 0 Å². The average Bonchev–Trinajstić information content (AvgIpc) is 3.17. The third-order valence-electron chi connectivity index (χ3n) is 8.92. The number of carbonyl (C=O) groups excluding carboxylic acids is 2. The Morgan fingerprint density at radius 2 is 1.52 bits per heavy atom. The normalized spacial score (nSPS) is 20.4. The summed E-state index contributed by atoms with van der Waals surface area (Å²) < 4.78 is 23.8. The lowest BCUT2D eigenvalue weighted by molar-refractivity contribution is -0.131. The van der Waals surface area contributed by atoms with E-state index in [0.29, 0.717) is 38.0 Å². The maximum Gasteiger partial charge on any atom is 0.481 e. The number of carbonyl (C=O) groups is 2. The molecule has 0 radical (unpaired) electrons. The molecule has 1 aliphatic carbocycles. The van der Waals surface area contributed by atoms with Crippen molar-refractivity contribution in [2.75, 3.05) is 14.2 Å². The quantitative estimate of drug-likeness (QED) is 0.376. The monoisotopic (exact) mass is 578 g/mol. The molecule has 3 atom stereocenters. The van der Waals surface area contributed by atoms with Gasteiger partial charge in [0.2, 0.25) is 11.8 Å². The Labute approximate surface area is 251 Å². The van der Waals surface area contributed by atoms with Gasteiger partial charge in [-0.15, -0.1) is 0 Å². The van der Waals surface area contributed by atoms with Gasteiger partial charge in [-0.3, -0.25) is 9.59 Å². The van der Waals surface area contributed by atoms with Crippen LogP contribution < -0.4 is 20.1 Å². The highest BCUT2D eigenvalue weighted by Gasteiger charge is 2.54. The maximum atomic E-state index is 13.9. The van der Waals surface area contributed by atoms with Crippen LogP contribution in [0.4, 0.5) is 0 Å². The third kappa shape index (κ3) is 7.12. The molecule has 2 aromatic rings. The minimum absolute atomic E-state index is 0.141. The fourth-order valence-corrected chi connectivity index (χ4v) is 5.85. The highest BCUT2D eigenvalue weighted by atomic mass is 16.7. The topological polar surface area (TPSA) is 95.1 Å². The lowest BCUT2D eigenvalue weighted by Crippen LogP contribution is -2.56. The summed E-state index contributed by atoms with van der Waals surface area (Å²) in [6, 6.07) is 12.8. The van der Waals surface area contributed by atoms with Gasteiger partial charge in [-0.25, -0.2) is 0 Å². The highest BCUT2D eigenvalue weighted by molar-refractivity contribution is 6.48. The van der Waals surface area contributed by atoms with Crippen LogP contribution in [0.3, 0.4) is 0 Å². The number of ether oxygens (including phenoxy) is 2. The number of hydrogen-bond donors (Lipinski definition) is 2. The summed E-state index contributed by atoms with van der Waals surface area (Å²) in [5, 5.41) is 6.31. The predicted molar refractivity (Wildman–Crippen MR) is 165 cm³/mol. The second kappa shape index (κ2) is 13.1. The molecule has 2 N–H and O–H groups in total. The zero-order chi connectivity index (χ0) is 30.7. The van der Waals surface area contributed by atoms with Crippen LogP contribution >= 0.6 is 0 Å². The molecular formula is C33H47BN2O6. The van der Waals surface area contributed by atoms with E-state index in [9.17, 15) is 9.59 Å². The van der Waals surface area contributed by atoms with Crippen molar-refractivity contribution in [2.45, 2.75) is 96.8 Å². The Balaban J connectivity index is 1.54. The molecule has 1 heterocycles. The molecule has 228 valence electrons. The summed E-state index contributed by atoms with van der Waals surface area (Å²) in [4.78, 5) is 27.7. The standard InChI is InChI=1S/C33H47BN2O6/c1-21(2)18-29(34-41-32(3,4)33(5,6)42-34)36-31(38)26(19-22-12-10-9-11-13-22)35-30(37)23-14-15-24-25(20-23)28(40-8)17-16-27(24)39-7/h9-13,16-17,21,23,26,29H,14-15,18-20H2,1-8H3,(H,35,37)(H,36,38). The summed E-state index contributed by atoms with van der Waals surface area (Å²) in [6.07, 6.45) is 2.92. The summed E-state index contributed by atoms with van der Waals surface area (Å²) in [5.41, 5.74) is 2.00. The minimum Gasteiger partial charge on any atom is -0.496 e. The minimum atomic E-state index is -0.759. The van der Waals surface area contributed by atoms with Gasteiger partial charge in [-0.2, -0.15) is 0 Å². The molecular weight excluding hydrogens is 531 g/mol. The summed E-state index contributed by atoms with van der Waals surface area (Å²) in [5.74, 6) is 0.809. The second-order valence-corrected chi connectivity index (χ2v) is 13.0. The molecule has 2 amide bonds. The number of hydrogen-bond acceptors (Lipinski definition) is 6. The first kappa shape index (κ1) is 31.9. The Morgan fingerprint density at radius 1 is 0.929 bits per heavy atom. The molecule has 2 aromatic carbocycles. The first-order chi connectivity index (χ1) is 19.8. The van der Waals surface area contributed by atoms with Gasteiger partial charge in [0.05, 0.1) is 31.4 Å². The molecule has 1 aliphatic heterocycles. The van der Waals surface area contributed by atoms with Gasteiger partial charge in [0, 0.05) is 23.5 Å². The largest absolute Gasteiger partial charge is 0.496 e. The molecule has 2 aliphatic rings. The lowest BCUT2D eigenvalue weighted by Gasteiger charge is -2.32. The molecule has 0 saturated carbocycles. The van der Waals surface area contributed by atoms with Gasteiger partial charge in [0.25, 0.3) is 0 Å². The fraction of sp³-hybridized carbons (Fsp3) is 0.576. The predicted octanol–water partition coefficient (Wildman–Crippen LogP) is 4.70. The number of nitrogens with one attached hydrogen (secondary N) is 2. The van der Waals surface area contributed by atoms with Gasteiger partial charge in [0.15, 0.2) is 0 Å². The third-order valence-corrected chi connectivity index (χ3v) is 8.92. The average molecular weight is 579 g/mol. The first-order valence-electron chi connectivity index (χ1n) is 15.1. The number of fused-ring (bicyclic) bond motifs is 1. The van der Waals surface area contributed by atoms with Crippen molar-refractivity contribution in [1.29, 1.82) is 0 Å². The highest BCUT2D eigenvalue weighted by Crippen LogP contribution is 2.39. The van der Waals surface area contributed by atoms with Crippen molar-refractivity contribution in [1.82, 2.24) is 10.6 Å². The smallest absolute Gasteiger partial charge is 0.481 e. The van der Waals surface area contributed by atoms with Crippen LogP contribution in [-0.2, 0) is 38.2 Å². The molecule has 0 bridgehead atoms. The van der Waals surface area contributed by atoms with E-state index in [1.807, 2.05) is 70.2 Å². The van der Waals surface area contributed by atoms with E-state index in [4.69, 9.17) is 18.8 Å². The lowest BCUT2D eigenvalue weighted by atomic mass is 9.73. The van der Waals surface area contributed by atoms with Crippen molar-refractivity contribution in [3.63, 3.8) is 0 Å². The van der Waals surface area contributed by atoms with Crippen LogP contribution in [0.5, 0.6) is 11.5 Å². The summed E-state index contributed by atoms with van der Waals surface area (Å²) in [6.45, 7) is 12.2. The molecule has 1 saturated heterocycles. The van der Waals surface area contributed by atoms with Crippen LogP contribution in [0.25, 0.3) is 0 Å². The SMILES string of the molecule is COc1ccc(OC)c2c1CCC(C(=O)NC(Cc1ccccc1)C(=O)NC(CC(C)C)B1OC(C)(C)C(C)(C)O1)C2. The fourth-order valence-electron chi connectivity index (χ4n) is 5.85. The molecule has 4 rings (SSSR count). The zero-order valence-corrected chi connectivity index (χ0v) is 26.4. The van der Waals surface area contributed by atoms with Crippen molar-refractivity contribution < 1.29 is 28.4 Å². The molecule has 0 aromatic heterocycles. The first-order valence-corrected chi connectivity index (χ1v) is 15.1. The van der Waals surface area contributed by atoms with Crippen LogP contribution in [0.2, 0.25) is 0 Å². The van der Waals surface area contributed by atoms with Crippen molar-refractivity contribution in [3.05, 3.63) is 59.2 Å². The molecule has 8 nitrogen and oxygen atoms in total. The summed E-state index contributed by atoms with van der Waals surface area (Å²) >= 11 is 0. The van der Waals surface area contributed by atoms with Crippen molar-refractivity contribution in [2.24, 2.45) is 11.8 Å². The molecule has 1 fully saturated rings. The van der Waals surface area contributed by atoms with Gasteiger partial charge in [-0.05, 0) is 77.0 Å². The Kier molecular flexibility index (Phi) is 9.94. The molecule has 3 unspecified atom stereocenters. The Bertz CT molecular complexity index is 1230. The van der Waals surface area contributed by atoms with E-state index >= 15 is 0 Å². The second-order valence-electron chi connectivity index (χ2n) is 13.0.